The summed E-state index contributed by atoms with van der Waals surface area (Å²) in [6, 6.07) is 0. The molecule has 0 unspecified atom stereocenters. The summed E-state index contributed by atoms with van der Waals surface area (Å²) >= 11 is 6.93. The molecule has 0 aliphatic carbocycles. The summed E-state index contributed by atoms with van der Waals surface area (Å²) in [6.07, 6.45) is 0. The zero-order valence-corrected chi connectivity index (χ0v) is 14.2. The first kappa shape index (κ1) is 29.6. The molecule has 13 heteroatoms. The topological polar surface area (TPSA) is 150 Å². The van der Waals surface area contributed by atoms with Gasteiger partial charge in [-0.15, -0.1) is 0 Å². The number of hydrogen-bond donors (Lipinski definition) is 5. The van der Waals surface area contributed by atoms with Gasteiger partial charge in [-0.3, -0.25) is 18.2 Å². The molecule has 0 fully saturated rings. The third-order valence-electron chi connectivity index (χ3n) is 0. The molecule has 0 aliphatic heterocycles. The Kier molecular flexibility index (Phi) is 28.7. The molecule has 0 amide bonds. The summed E-state index contributed by atoms with van der Waals surface area (Å²) in [5.41, 5.74) is 0. The Balaban J connectivity index is -0.0000000128. The zero-order chi connectivity index (χ0) is 9.00. The summed E-state index contributed by atoms with van der Waals surface area (Å²) in [5.74, 6) is 0. The van der Waals surface area contributed by atoms with Gasteiger partial charge in [-0.1, -0.05) is 0 Å². The Hall–Kier alpha value is 2.54. The van der Waals surface area contributed by atoms with Crippen molar-refractivity contribution in [2.45, 2.75) is 0 Å². The molecule has 76 valence electrons. The summed E-state index contributed by atoms with van der Waals surface area (Å²) in [4.78, 5) is 0. The SMILES string of the molecule is N.O=S(O)(O)=S.O=S(O)(O)=S.[H-].[H-].[Na+].[Na+]. The molecule has 0 aromatic carbocycles. The maximum Gasteiger partial charge on any atom is 1.00 e. The van der Waals surface area contributed by atoms with Gasteiger partial charge in [0.15, 0.2) is 0 Å². The summed E-state index contributed by atoms with van der Waals surface area (Å²) in [6.45, 7) is 0. The van der Waals surface area contributed by atoms with E-state index in [1.807, 2.05) is 0 Å². The van der Waals surface area contributed by atoms with E-state index in [9.17, 15) is 0 Å². The molecule has 0 atom stereocenters. The van der Waals surface area contributed by atoms with Crippen LogP contribution in [0.4, 0.5) is 0 Å². The molecular formula is H9NNa2O6S4. The van der Waals surface area contributed by atoms with Crippen molar-refractivity contribution in [1.29, 1.82) is 0 Å². The maximum atomic E-state index is 9.11. The molecule has 0 spiro atoms. The first-order valence-corrected chi connectivity index (χ1v) is 6.19. The molecule has 0 saturated heterocycles. The Labute approximate surface area is 133 Å². The maximum absolute atomic E-state index is 9.11. The third-order valence-corrected chi connectivity index (χ3v) is 0. The van der Waals surface area contributed by atoms with Crippen LogP contribution in [0.3, 0.4) is 0 Å². The predicted octanol–water partition coefficient (Wildman–Crippen LogP) is -6.25. The molecule has 0 aromatic rings. The van der Waals surface area contributed by atoms with Crippen molar-refractivity contribution in [3.63, 3.8) is 0 Å². The smallest absolute Gasteiger partial charge is 1.00 e. The van der Waals surface area contributed by atoms with Crippen LogP contribution in [-0.4, -0.2) is 26.6 Å². The van der Waals surface area contributed by atoms with E-state index in [2.05, 4.69) is 22.4 Å². The second kappa shape index (κ2) is 12.6. The van der Waals surface area contributed by atoms with Crippen LogP contribution in [0, 0.1) is 0 Å². The van der Waals surface area contributed by atoms with Crippen molar-refractivity contribution in [3.05, 3.63) is 0 Å². The van der Waals surface area contributed by atoms with Gasteiger partial charge in [-0.05, 0) is 0 Å². The molecule has 7 nitrogen and oxygen atoms in total. The van der Waals surface area contributed by atoms with Crippen LogP contribution in [0.25, 0.3) is 0 Å². The normalized spacial score (nSPS) is 8.92. The van der Waals surface area contributed by atoms with Crippen molar-refractivity contribution in [3.8, 4) is 0 Å². The Morgan fingerprint density at radius 3 is 0.846 bits per heavy atom. The first-order valence-electron chi connectivity index (χ1n) is 1.40. The Morgan fingerprint density at radius 1 is 0.846 bits per heavy atom. The molecule has 0 aromatic heterocycles. The number of hydrogen-bond acceptors (Lipinski definition) is 5. The first-order chi connectivity index (χ1) is 4.00. The molecule has 0 heterocycles. The van der Waals surface area contributed by atoms with E-state index in [4.69, 9.17) is 26.6 Å². The monoisotopic (exact) mass is 293 g/mol. The minimum Gasteiger partial charge on any atom is -1.00 e. The average Bonchev–Trinajstić information content (AvgIpc) is 1.12. The van der Waals surface area contributed by atoms with Crippen LogP contribution in [-0.2, 0) is 40.5 Å². The van der Waals surface area contributed by atoms with Crippen LogP contribution in [0.5, 0.6) is 0 Å². The molecule has 7 N–H and O–H groups in total. The fraction of sp³-hybridized carbons (Fsp3) is 0. The van der Waals surface area contributed by atoms with Gasteiger partial charge in [0.05, 0.1) is 0 Å². The summed E-state index contributed by atoms with van der Waals surface area (Å²) in [7, 11) is -7.67. The van der Waals surface area contributed by atoms with Crippen molar-refractivity contribution in [2.24, 2.45) is 0 Å². The number of rotatable bonds is 0. The van der Waals surface area contributed by atoms with E-state index in [1.54, 1.807) is 0 Å². The van der Waals surface area contributed by atoms with Crippen LogP contribution in [0.2, 0.25) is 0 Å². The van der Waals surface area contributed by atoms with Gasteiger partial charge >= 0.3 is 59.1 Å². The van der Waals surface area contributed by atoms with Crippen molar-refractivity contribution >= 4 is 40.5 Å². The van der Waals surface area contributed by atoms with Gasteiger partial charge in [-0.25, -0.2) is 0 Å². The second-order valence-corrected chi connectivity index (χ2v) is 5.29. The van der Waals surface area contributed by atoms with E-state index in [0.29, 0.717) is 0 Å². The van der Waals surface area contributed by atoms with Crippen molar-refractivity contribution in [1.82, 2.24) is 6.15 Å². The fourth-order valence-electron chi connectivity index (χ4n) is 0. The molecular weight excluding hydrogens is 284 g/mol. The standard InChI is InChI=1S/H3N.2Na.2H2O3S2.2H/c;;;2*1-5(2,3)4;;/h1H3;;;2*(H2,1,2,3,4);;/q;2*+1;;;2*-1. The molecule has 0 bridgehead atoms. The van der Waals surface area contributed by atoms with Crippen molar-refractivity contribution in [2.75, 3.05) is 0 Å². The van der Waals surface area contributed by atoms with Crippen LogP contribution < -0.4 is 65.3 Å². The summed E-state index contributed by atoms with van der Waals surface area (Å²) < 4.78 is 47.9. The largest absolute Gasteiger partial charge is 1.00 e. The van der Waals surface area contributed by atoms with Crippen LogP contribution in [0.1, 0.15) is 2.85 Å². The van der Waals surface area contributed by atoms with Crippen LogP contribution >= 0.6 is 0 Å². The zero-order valence-electron chi connectivity index (χ0n) is 8.95. The van der Waals surface area contributed by atoms with E-state index < -0.39 is 18.1 Å². The van der Waals surface area contributed by atoms with Gasteiger partial charge in [0, 0.05) is 22.4 Å². The van der Waals surface area contributed by atoms with E-state index in [0.717, 1.165) is 0 Å². The van der Waals surface area contributed by atoms with Crippen LogP contribution in [0.15, 0.2) is 0 Å². The fourth-order valence-corrected chi connectivity index (χ4v) is 0. The van der Waals surface area contributed by atoms with Crippen molar-refractivity contribution < 1.29 is 88.6 Å². The van der Waals surface area contributed by atoms with E-state index in [1.165, 1.54) is 0 Å². The molecule has 0 aliphatic rings. The second-order valence-electron chi connectivity index (χ2n) is 0.896. The Bertz CT molecular complexity index is 228. The van der Waals surface area contributed by atoms with Gasteiger partial charge in [0.1, 0.15) is 0 Å². The molecule has 0 saturated carbocycles. The van der Waals surface area contributed by atoms with Gasteiger partial charge in [-0.2, -0.15) is 8.42 Å². The van der Waals surface area contributed by atoms with E-state index in [-0.39, 0.29) is 68.1 Å². The Morgan fingerprint density at radius 2 is 0.846 bits per heavy atom. The minimum atomic E-state index is -3.83. The summed E-state index contributed by atoms with van der Waals surface area (Å²) in [5, 5.41) is 0. The van der Waals surface area contributed by atoms with E-state index >= 15 is 0 Å². The molecule has 13 heavy (non-hydrogen) atoms. The van der Waals surface area contributed by atoms with Gasteiger partial charge in [0.2, 0.25) is 0 Å². The minimum absolute atomic E-state index is 0. The van der Waals surface area contributed by atoms with Gasteiger partial charge < -0.3 is 9.00 Å². The molecule has 0 radical (unpaired) electrons. The molecule has 0 rings (SSSR count). The quantitative estimate of drug-likeness (QED) is 0.275. The predicted molar refractivity (Wildman–Crippen MR) is 48.8 cm³/mol. The van der Waals surface area contributed by atoms with Gasteiger partial charge in [0.25, 0.3) is 18.1 Å². The third kappa shape index (κ3) is 354. The average molecular weight is 293 g/mol.